The Morgan fingerprint density at radius 2 is 2.26 bits per heavy atom. The van der Waals surface area contributed by atoms with Gasteiger partial charge in [-0.15, -0.1) is 11.3 Å². The zero-order valence-electron chi connectivity index (χ0n) is 15.0. The molecule has 1 aliphatic heterocycles. The van der Waals surface area contributed by atoms with Gasteiger partial charge in [0.15, 0.2) is 0 Å². The molecule has 1 aromatic heterocycles. The Bertz CT molecular complexity index is 507. The Morgan fingerprint density at radius 1 is 1.48 bits per heavy atom. The molecule has 2 heterocycles. The number of hydrogen-bond donors (Lipinski definition) is 1. The van der Waals surface area contributed by atoms with Crippen molar-refractivity contribution in [2.24, 2.45) is 5.92 Å². The summed E-state index contributed by atoms with van der Waals surface area (Å²) in [4.78, 5) is 19.4. The van der Waals surface area contributed by atoms with E-state index in [1.165, 1.54) is 5.01 Å². The van der Waals surface area contributed by atoms with Gasteiger partial charge in [-0.25, -0.2) is 4.98 Å². The summed E-state index contributed by atoms with van der Waals surface area (Å²) in [5.74, 6) is 0.373. The molecule has 2 rings (SSSR count). The van der Waals surface area contributed by atoms with Crippen LogP contribution in [0, 0.1) is 5.92 Å². The van der Waals surface area contributed by atoms with Crippen molar-refractivity contribution in [2.75, 3.05) is 19.6 Å². The molecule has 1 aliphatic rings. The van der Waals surface area contributed by atoms with E-state index in [0.29, 0.717) is 0 Å². The topological polar surface area (TPSA) is 45.2 Å². The molecule has 1 N–H and O–H groups in total. The van der Waals surface area contributed by atoms with Crippen LogP contribution in [-0.4, -0.2) is 35.4 Å². The lowest BCUT2D eigenvalue weighted by atomic mass is 9.97. The van der Waals surface area contributed by atoms with Crippen LogP contribution in [0.5, 0.6) is 0 Å². The fourth-order valence-electron chi connectivity index (χ4n) is 2.90. The minimum atomic E-state index is 0.118. The third kappa shape index (κ3) is 5.57. The van der Waals surface area contributed by atoms with Crippen LogP contribution >= 0.6 is 11.3 Å². The number of hydrogen-bond acceptors (Lipinski definition) is 4. The summed E-state index contributed by atoms with van der Waals surface area (Å²) in [6.45, 7) is 12.4. The van der Waals surface area contributed by atoms with Crippen molar-refractivity contribution in [2.45, 2.75) is 65.3 Å². The fourth-order valence-corrected chi connectivity index (χ4v) is 3.80. The van der Waals surface area contributed by atoms with Crippen molar-refractivity contribution in [3.05, 3.63) is 16.1 Å². The van der Waals surface area contributed by atoms with E-state index in [1.807, 2.05) is 0 Å². The zero-order valence-corrected chi connectivity index (χ0v) is 15.8. The molecule has 0 spiro atoms. The maximum Gasteiger partial charge on any atom is 0.224 e. The summed E-state index contributed by atoms with van der Waals surface area (Å²) in [5.41, 5.74) is 1.26. The Labute approximate surface area is 144 Å². The van der Waals surface area contributed by atoms with E-state index in [0.717, 1.165) is 57.6 Å². The van der Waals surface area contributed by atoms with Gasteiger partial charge >= 0.3 is 0 Å². The highest BCUT2D eigenvalue weighted by molar-refractivity contribution is 7.09. The number of likely N-dealkylation sites (tertiary alicyclic amines) is 1. The summed E-state index contributed by atoms with van der Waals surface area (Å²) in [6, 6.07) is 0. The van der Waals surface area contributed by atoms with Crippen molar-refractivity contribution in [1.82, 2.24) is 15.2 Å². The molecule has 4 nitrogen and oxygen atoms in total. The van der Waals surface area contributed by atoms with Gasteiger partial charge in [-0.1, -0.05) is 34.1 Å². The lowest BCUT2D eigenvalue weighted by Gasteiger charge is -2.31. The monoisotopic (exact) mass is 337 g/mol. The molecule has 0 aliphatic carbocycles. The van der Waals surface area contributed by atoms with E-state index in [9.17, 15) is 4.79 Å². The molecule has 0 unspecified atom stereocenters. The first kappa shape index (κ1) is 18.4. The Kier molecular flexibility index (Phi) is 6.60. The van der Waals surface area contributed by atoms with Gasteiger partial charge in [-0.2, -0.15) is 0 Å². The highest BCUT2D eigenvalue weighted by atomic mass is 32.1. The second-order valence-electron chi connectivity index (χ2n) is 7.61. The van der Waals surface area contributed by atoms with Crippen molar-refractivity contribution >= 4 is 17.2 Å². The smallest absolute Gasteiger partial charge is 0.224 e. The van der Waals surface area contributed by atoms with Gasteiger partial charge in [0.2, 0.25) is 5.91 Å². The molecule has 1 aromatic rings. The fraction of sp³-hybridized carbons (Fsp3) is 0.778. The van der Waals surface area contributed by atoms with Crippen LogP contribution in [0.3, 0.4) is 0 Å². The van der Waals surface area contributed by atoms with E-state index in [1.54, 1.807) is 11.3 Å². The summed E-state index contributed by atoms with van der Waals surface area (Å²) in [7, 11) is 0. The number of nitrogens with one attached hydrogen (secondary N) is 1. The second kappa shape index (κ2) is 8.25. The Morgan fingerprint density at radius 3 is 2.91 bits per heavy atom. The molecule has 0 bridgehead atoms. The standard InChI is InChI=1S/C18H31N3OS/c1-5-6-9-19-16(22)14-8-7-10-21(11-14)12-15-13-23-17(20-15)18(2,3)4/h13-14H,5-12H2,1-4H3,(H,19,22)/t14-/m0/s1. The largest absolute Gasteiger partial charge is 0.356 e. The predicted molar refractivity (Wildman–Crippen MR) is 96.7 cm³/mol. The predicted octanol–water partition coefficient (Wildman–Crippen LogP) is 3.57. The van der Waals surface area contributed by atoms with Gasteiger partial charge in [0, 0.05) is 30.4 Å². The number of carbonyl (C=O) groups is 1. The van der Waals surface area contributed by atoms with Crippen LogP contribution < -0.4 is 5.32 Å². The van der Waals surface area contributed by atoms with Crippen LogP contribution in [0.15, 0.2) is 5.38 Å². The summed E-state index contributed by atoms with van der Waals surface area (Å²) in [6.07, 6.45) is 4.30. The van der Waals surface area contributed by atoms with Crippen molar-refractivity contribution in [3.8, 4) is 0 Å². The molecule has 0 saturated carbocycles. The van der Waals surface area contributed by atoms with Crippen LogP contribution in [-0.2, 0) is 16.8 Å². The Balaban J connectivity index is 1.86. The average molecular weight is 338 g/mol. The van der Waals surface area contributed by atoms with Crippen LogP contribution in [0.25, 0.3) is 0 Å². The summed E-state index contributed by atoms with van der Waals surface area (Å²) in [5, 5.41) is 6.45. The van der Waals surface area contributed by atoms with E-state index in [2.05, 4.69) is 43.3 Å². The number of carbonyl (C=O) groups excluding carboxylic acids is 1. The molecular weight excluding hydrogens is 306 g/mol. The maximum absolute atomic E-state index is 12.3. The van der Waals surface area contributed by atoms with Gasteiger partial charge in [0.25, 0.3) is 0 Å². The van der Waals surface area contributed by atoms with Crippen LogP contribution in [0.2, 0.25) is 0 Å². The number of aromatic nitrogens is 1. The molecule has 5 heteroatoms. The lowest BCUT2D eigenvalue weighted by Crippen LogP contribution is -2.42. The van der Waals surface area contributed by atoms with E-state index >= 15 is 0 Å². The van der Waals surface area contributed by atoms with Crippen LogP contribution in [0.1, 0.15) is 64.1 Å². The Hall–Kier alpha value is -0.940. The second-order valence-corrected chi connectivity index (χ2v) is 8.47. The molecular formula is C18H31N3OS. The highest BCUT2D eigenvalue weighted by Gasteiger charge is 2.26. The first-order valence-corrected chi connectivity index (χ1v) is 9.73. The quantitative estimate of drug-likeness (QED) is 0.807. The third-order valence-electron chi connectivity index (χ3n) is 4.28. The number of unbranched alkanes of at least 4 members (excludes halogenated alkanes) is 1. The number of piperidine rings is 1. The van der Waals surface area contributed by atoms with E-state index < -0.39 is 0 Å². The van der Waals surface area contributed by atoms with Crippen molar-refractivity contribution in [3.63, 3.8) is 0 Å². The van der Waals surface area contributed by atoms with Gasteiger partial charge in [0.1, 0.15) is 0 Å². The first-order valence-electron chi connectivity index (χ1n) is 8.85. The van der Waals surface area contributed by atoms with Crippen molar-refractivity contribution < 1.29 is 4.79 Å². The van der Waals surface area contributed by atoms with Gasteiger partial charge in [0.05, 0.1) is 16.6 Å². The first-order chi connectivity index (χ1) is 10.9. The minimum absolute atomic E-state index is 0.118. The summed E-state index contributed by atoms with van der Waals surface area (Å²) >= 11 is 1.75. The molecule has 0 radical (unpaired) electrons. The molecule has 1 saturated heterocycles. The molecule has 0 aromatic carbocycles. The summed E-state index contributed by atoms with van der Waals surface area (Å²) < 4.78 is 0. The van der Waals surface area contributed by atoms with Gasteiger partial charge in [-0.05, 0) is 25.8 Å². The number of thiazole rings is 1. The van der Waals surface area contributed by atoms with Crippen molar-refractivity contribution in [1.29, 1.82) is 0 Å². The molecule has 1 atom stereocenters. The van der Waals surface area contributed by atoms with Crippen LogP contribution in [0.4, 0.5) is 0 Å². The normalized spacial score (nSPS) is 19.7. The molecule has 1 amide bonds. The van der Waals surface area contributed by atoms with Gasteiger partial charge < -0.3 is 5.32 Å². The third-order valence-corrected chi connectivity index (χ3v) is 5.60. The molecule has 130 valence electrons. The highest BCUT2D eigenvalue weighted by Crippen LogP contribution is 2.26. The molecule has 1 fully saturated rings. The SMILES string of the molecule is CCCCNC(=O)[C@H]1CCCN(Cc2csc(C(C)(C)C)n2)C1. The maximum atomic E-state index is 12.3. The lowest BCUT2D eigenvalue weighted by molar-refractivity contribution is -0.126. The van der Waals surface area contributed by atoms with E-state index in [4.69, 9.17) is 4.98 Å². The molecule has 23 heavy (non-hydrogen) atoms. The minimum Gasteiger partial charge on any atom is -0.356 e. The van der Waals surface area contributed by atoms with E-state index in [-0.39, 0.29) is 17.2 Å². The number of amides is 1. The average Bonchev–Trinajstić information content (AvgIpc) is 2.96. The number of rotatable bonds is 6. The van der Waals surface area contributed by atoms with Gasteiger partial charge in [-0.3, -0.25) is 9.69 Å². The number of nitrogens with zero attached hydrogens (tertiary/aromatic N) is 2. The zero-order chi connectivity index (χ0) is 16.9.